The van der Waals surface area contributed by atoms with Gasteiger partial charge in [0.2, 0.25) is 0 Å². The van der Waals surface area contributed by atoms with Gasteiger partial charge in [-0.05, 0) is 49.7 Å². The van der Waals surface area contributed by atoms with Crippen molar-refractivity contribution in [2.75, 3.05) is 6.61 Å². The van der Waals surface area contributed by atoms with Crippen molar-refractivity contribution in [2.24, 2.45) is 0 Å². The third kappa shape index (κ3) is 3.71. The highest BCUT2D eigenvalue weighted by Gasteiger charge is 2.05. The molecule has 1 heterocycles. The van der Waals surface area contributed by atoms with E-state index in [1.165, 1.54) is 10.2 Å². The molecule has 0 radical (unpaired) electrons. The molecule has 3 rings (SSSR count). The van der Waals surface area contributed by atoms with E-state index in [0.717, 1.165) is 22.6 Å². The topological polar surface area (TPSA) is 44.1 Å². The maximum Gasteiger partial charge on any atom is 0.267 e. The molecule has 0 aliphatic heterocycles. The van der Waals surface area contributed by atoms with Crippen LogP contribution >= 0.6 is 0 Å². The molecule has 0 amide bonds. The first-order valence-electron chi connectivity index (χ1n) is 8.02. The summed E-state index contributed by atoms with van der Waals surface area (Å²) in [5.74, 6) is 0.828. The summed E-state index contributed by atoms with van der Waals surface area (Å²) in [5.41, 5.74) is 3.87. The molecular formula is C20H20N2O2. The van der Waals surface area contributed by atoms with Crippen LogP contribution < -0.4 is 10.3 Å². The highest BCUT2D eigenvalue weighted by Crippen LogP contribution is 2.20. The van der Waals surface area contributed by atoms with Gasteiger partial charge in [-0.2, -0.15) is 5.10 Å². The fourth-order valence-corrected chi connectivity index (χ4v) is 2.47. The Morgan fingerprint density at radius 2 is 1.67 bits per heavy atom. The van der Waals surface area contributed by atoms with Gasteiger partial charge in [-0.25, -0.2) is 4.68 Å². The number of hydrogen-bond donors (Lipinski definition) is 0. The van der Waals surface area contributed by atoms with Crippen molar-refractivity contribution in [2.45, 2.75) is 20.4 Å². The molecule has 0 atom stereocenters. The number of rotatable bonds is 5. The van der Waals surface area contributed by atoms with Crippen LogP contribution in [0.1, 0.15) is 18.1 Å². The molecule has 0 unspecified atom stereocenters. The molecule has 122 valence electrons. The van der Waals surface area contributed by atoms with E-state index < -0.39 is 0 Å². The van der Waals surface area contributed by atoms with Crippen LogP contribution in [0.3, 0.4) is 0 Å². The molecule has 0 bridgehead atoms. The Morgan fingerprint density at radius 3 is 2.33 bits per heavy atom. The lowest BCUT2D eigenvalue weighted by molar-refractivity contribution is 0.340. The minimum atomic E-state index is -0.106. The third-order valence-electron chi connectivity index (χ3n) is 3.78. The second kappa shape index (κ2) is 7.13. The van der Waals surface area contributed by atoms with Crippen LogP contribution in [-0.2, 0) is 6.54 Å². The molecular weight excluding hydrogens is 300 g/mol. The van der Waals surface area contributed by atoms with E-state index in [1.807, 2.05) is 62.4 Å². The molecule has 4 nitrogen and oxygen atoms in total. The summed E-state index contributed by atoms with van der Waals surface area (Å²) in [7, 11) is 0. The standard InChI is InChI=1S/C20H20N2O2/c1-3-24-18-10-8-17(9-11-18)19-12-13-20(23)22(21-19)14-16-6-4-15(2)5-7-16/h4-13H,3,14H2,1-2H3. The Kier molecular flexibility index (Phi) is 4.75. The summed E-state index contributed by atoms with van der Waals surface area (Å²) >= 11 is 0. The summed E-state index contributed by atoms with van der Waals surface area (Å²) in [5, 5.41) is 4.50. The lowest BCUT2D eigenvalue weighted by Gasteiger charge is -2.08. The van der Waals surface area contributed by atoms with Gasteiger partial charge in [-0.15, -0.1) is 0 Å². The molecule has 0 saturated carbocycles. The summed E-state index contributed by atoms with van der Waals surface area (Å²) in [6.45, 7) is 5.10. The minimum absolute atomic E-state index is 0.106. The number of hydrogen-bond acceptors (Lipinski definition) is 3. The van der Waals surface area contributed by atoms with Crippen LogP contribution in [0.2, 0.25) is 0 Å². The second-order valence-electron chi connectivity index (χ2n) is 5.66. The van der Waals surface area contributed by atoms with Crippen LogP contribution in [-0.4, -0.2) is 16.4 Å². The Labute approximate surface area is 141 Å². The van der Waals surface area contributed by atoms with E-state index in [9.17, 15) is 4.79 Å². The summed E-state index contributed by atoms with van der Waals surface area (Å²) in [4.78, 5) is 12.1. The third-order valence-corrected chi connectivity index (χ3v) is 3.78. The smallest absolute Gasteiger partial charge is 0.267 e. The van der Waals surface area contributed by atoms with Crippen molar-refractivity contribution in [3.8, 4) is 17.0 Å². The van der Waals surface area contributed by atoms with Crippen LogP contribution in [0.15, 0.2) is 65.5 Å². The van der Waals surface area contributed by atoms with Crippen molar-refractivity contribution >= 4 is 0 Å². The zero-order valence-corrected chi connectivity index (χ0v) is 13.9. The van der Waals surface area contributed by atoms with Gasteiger partial charge in [-0.1, -0.05) is 29.8 Å². The first-order chi connectivity index (χ1) is 11.7. The number of ether oxygens (including phenoxy) is 1. The van der Waals surface area contributed by atoms with Crippen LogP contribution in [0.5, 0.6) is 5.75 Å². The summed E-state index contributed by atoms with van der Waals surface area (Å²) in [6.07, 6.45) is 0. The number of aromatic nitrogens is 2. The maximum atomic E-state index is 12.1. The van der Waals surface area contributed by atoms with Gasteiger partial charge in [0.25, 0.3) is 5.56 Å². The van der Waals surface area contributed by atoms with Gasteiger partial charge in [0, 0.05) is 11.6 Å². The number of aryl methyl sites for hydroxylation is 1. The first-order valence-corrected chi connectivity index (χ1v) is 8.02. The van der Waals surface area contributed by atoms with Crippen LogP contribution in [0.25, 0.3) is 11.3 Å². The first kappa shape index (κ1) is 16.0. The monoisotopic (exact) mass is 320 g/mol. The molecule has 0 fully saturated rings. The quantitative estimate of drug-likeness (QED) is 0.720. The van der Waals surface area contributed by atoms with E-state index in [0.29, 0.717) is 13.2 Å². The SMILES string of the molecule is CCOc1ccc(-c2ccc(=O)n(Cc3ccc(C)cc3)n2)cc1. The Morgan fingerprint density at radius 1 is 0.958 bits per heavy atom. The second-order valence-corrected chi connectivity index (χ2v) is 5.66. The van der Waals surface area contributed by atoms with E-state index in [-0.39, 0.29) is 5.56 Å². The lowest BCUT2D eigenvalue weighted by atomic mass is 10.1. The molecule has 2 aromatic carbocycles. The summed E-state index contributed by atoms with van der Waals surface area (Å²) < 4.78 is 6.95. The highest BCUT2D eigenvalue weighted by molar-refractivity contribution is 5.59. The Hall–Kier alpha value is -2.88. The van der Waals surface area contributed by atoms with Crippen molar-refractivity contribution in [3.05, 3.63) is 82.1 Å². The van der Waals surface area contributed by atoms with Crippen LogP contribution in [0.4, 0.5) is 0 Å². The highest BCUT2D eigenvalue weighted by atomic mass is 16.5. The molecule has 0 aliphatic rings. The average molecular weight is 320 g/mol. The van der Waals surface area contributed by atoms with Gasteiger partial charge < -0.3 is 4.74 Å². The number of benzene rings is 2. The van der Waals surface area contributed by atoms with Crippen molar-refractivity contribution in [3.63, 3.8) is 0 Å². The molecule has 4 heteroatoms. The zero-order chi connectivity index (χ0) is 16.9. The average Bonchev–Trinajstić information content (AvgIpc) is 2.60. The fraction of sp³-hybridized carbons (Fsp3) is 0.200. The predicted molar refractivity (Wildman–Crippen MR) is 95.4 cm³/mol. The van der Waals surface area contributed by atoms with E-state index in [1.54, 1.807) is 12.1 Å². The largest absolute Gasteiger partial charge is 0.494 e. The fourth-order valence-electron chi connectivity index (χ4n) is 2.47. The molecule has 0 saturated heterocycles. The molecule has 0 aliphatic carbocycles. The van der Waals surface area contributed by atoms with E-state index >= 15 is 0 Å². The van der Waals surface area contributed by atoms with E-state index in [4.69, 9.17) is 4.74 Å². The Balaban J connectivity index is 1.88. The molecule has 3 aromatic rings. The molecule has 1 aromatic heterocycles. The van der Waals surface area contributed by atoms with Crippen LogP contribution in [0, 0.1) is 6.92 Å². The maximum absolute atomic E-state index is 12.1. The number of nitrogens with zero attached hydrogens (tertiary/aromatic N) is 2. The molecule has 0 spiro atoms. The molecule has 24 heavy (non-hydrogen) atoms. The summed E-state index contributed by atoms with van der Waals surface area (Å²) in [6, 6.07) is 19.2. The van der Waals surface area contributed by atoms with Crippen molar-refractivity contribution in [1.29, 1.82) is 0 Å². The van der Waals surface area contributed by atoms with Gasteiger partial charge in [-0.3, -0.25) is 4.79 Å². The minimum Gasteiger partial charge on any atom is -0.494 e. The Bertz CT molecular complexity index is 865. The van der Waals surface area contributed by atoms with Gasteiger partial charge in [0.05, 0.1) is 18.8 Å². The van der Waals surface area contributed by atoms with E-state index in [2.05, 4.69) is 5.10 Å². The van der Waals surface area contributed by atoms with Crippen molar-refractivity contribution < 1.29 is 4.74 Å². The van der Waals surface area contributed by atoms with Gasteiger partial charge >= 0.3 is 0 Å². The lowest BCUT2D eigenvalue weighted by Crippen LogP contribution is -2.22. The van der Waals surface area contributed by atoms with Gasteiger partial charge in [0.15, 0.2) is 0 Å². The molecule has 0 N–H and O–H groups in total. The van der Waals surface area contributed by atoms with Gasteiger partial charge in [0.1, 0.15) is 5.75 Å². The normalized spacial score (nSPS) is 10.6. The van der Waals surface area contributed by atoms with Crippen molar-refractivity contribution in [1.82, 2.24) is 9.78 Å². The zero-order valence-electron chi connectivity index (χ0n) is 13.9. The predicted octanol–water partition coefficient (Wildman–Crippen LogP) is 3.67.